The normalized spacial score (nSPS) is 9.85. The first kappa shape index (κ1) is 113. The van der Waals surface area contributed by atoms with Gasteiger partial charge in [-0.15, -0.1) is 0 Å². The maximum atomic E-state index is 14.4. The maximum absolute atomic E-state index is 14.4. The van der Waals surface area contributed by atoms with Crippen molar-refractivity contribution in [1.82, 2.24) is 9.97 Å². The van der Waals surface area contributed by atoms with E-state index in [0.717, 1.165) is 128 Å². The van der Waals surface area contributed by atoms with Gasteiger partial charge in [0.25, 0.3) is 0 Å². The molecule has 0 unspecified atom stereocenters. The van der Waals surface area contributed by atoms with Crippen LogP contribution >= 0.6 is 47.8 Å². The van der Waals surface area contributed by atoms with Crippen LogP contribution < -0.4 is 27.0 Å². The first-order chi connectivity index (χ1) is 59.9. The molecule has 16 rings (SSSR count). The Bertz CT molecular complexity index is 6180. The standard InChI is InChI=1S/C29H19F2N.C23H16BrN.C15H11BrO.C13H12NO.C8H8O.C7H5BrO.C6H5BF2O2.4CH4.Ac.BrH.H2O5S/c30-25-14-15-27(31)26(19-25)23-13-7-12-22(16-23)24-17-28(20-8-3-1-4-9-20)32-29(18-24)21-10-5-2-6-11-21;24-21-13-7-12-19(14-21)20-15-22(17-8-3-1-4-9-17)25-23(16-20)18-10-5-2-6-11-18;16-14-8-4-5-12(11-14)9-10-15(17)13-6-2-1-3-7-13;15-13(12-7-3-1-4-8-12)11-14-9-5-2-6-10-14;1-7(9)8-5-3-2-4-6-8;8-7-3-1-2-6(4-7)5-9;8-4-1-2-6(9)5(3-4)7(10)11;;;;;;;1-5-6(2,3)4/h1-19H;1-16H;1-11H;1-10H,11H2;2-6H,1H3;1-5H;1-3,10-11H;4*1H4;;1H;1H,(H,2,3,4)/q;;;+1;;;;;;;;;;/p-1/b;;10-9+;;;;;;;;;;;. The maximum Gasteiger partial charge on any atom is 0.491 e. The molecule has 14 nitrogen and oxygen atoms in total. The summed E-state index contributed by atoms with van der Waals surface area (Å²) < 4.78 is 85.8. The van der Waals surface area contributed by atoms with Crippen LogP contribution in [0.5, 0.6) is 0 Å². The molecule has 13 aromatic carbocycles. The molecular formula is C105H94AcBBr4F4N3O11S. The molecule has 0 aliphatic carbocycles. The molecule has 4 N–H and O–H groups in total. The van der Waals surface area contributed by atoms with E-state index in [1.54, 1.807) is 31.2 Å². The van der Waals surface area contributed by atoms with Gasteiger partial charge in [-0.05, 0) is 150 Å². The van der Waals surface area contributed by atoms with E-state index in [9.17, 15) is 36.7 Å². The van der Waals surface area contributed by atoms with E-state index in [0.29, 0.717) is 23.2 Å². The molecule has 25 heteroatoms. The van der Waals surface area contributed by atoms with Crippen molar-refractivity contribution in [1.29, 1.82) is 0 Å². The van der Waals surface area contributed by atoms with Gasteiger partial charge in [-0.3, -0.25) is 23.7 Å². The summed E-state index contributed by atoms with van der Waals surface area (Å²) in [5, 5.41) is 24.0. The molecule has 0 aliphatic heterocycles. The Balaban J connectivity index is 0.000000401. The van der Waals surface area contributed by atoms with Gasteiger partial charge in [0.15, 0.2) is 24.0 Å². The fourth-order valence-electron chi connectivity index (χ4n) is 11.5. The van der Waals surface area contributed by atoms with Gasteiger partial charge in [-0.25, -0.2) is 32.8 Å². The number of halogens is 8. The van der Waals surface area contributed by atoms with E-state index in [-0.39, 0.29) is 114 Å². The molecule has 0 aliphatic rings. The summed E-state index contributed by atoms with van der Waals surface area (Å²) in [6.45, 7) is 1.96. The average Bonchev–Trinajstić information content (AvgIpc) is 0.800. The predicted octanol–water partition coefficient (Wildman–Crippen LogP) is 23.7. The zero-order valence-electron chi connectivity index (χ0n) is 67.1. The Morgan fingerprint density at radius 2 is 0.738 bits per heavy atom. The molecular weight excluding hydrogens is 2140 g/mol. The molecule has 0 spiro atoms. The summed E-state index contributed by atoms with van der Waals surface area (Å²) in [4.78, 5) is 54.2. The topological polar surface area (TPSA) is 222 Å². The number of benzene rings is 13. The molecule has 1 radical (unpaired) electrons. The van der Waals surface area contributed by atoms with Crippen molar-refractivity contribution >= 4 is 100 Å². The molecule has 3 heterocycles. The van der Waals surface area contributed by atoms with Crippen LogP contribution in [0, 0.1) is 67.3 Å². The third kappa shape index (κ3) is 38.7. The Hall–Kier alpha value is -11.4. The molecule has 0 saturated heterocycles. The zero-order valence-corrected chi connectivity index (χ0v) is 79.0. The fourth-order valence-corrected chi connectivity index (χ4v) is 12.8. The molecule has 3 aromatic heterocycles. The predicted molar refractivity (Wildman–Crippen MR) is 520 cm³/mol. The van der Waals surface area contributed by atoms with E-state index >= 15 is 0 Å². The van der Waals surface area contributed by atoms with Gasteiger partial charge >= 0.3 is 17.5 Å². The van der Waals surface area contributed by atoms with Gasteiger partial charge in [-0.2, -0.15) is 13.0 Å². The number of carbonyl (C=O) groups excluding carboxylic acids is 4. The minimum atomic E-state index is -4.61. The van der Waals surface area contributed by atoms with Crippen molar-refractivity contribution in [3.63, 3.8) is 0 Å². The minimum Gasteiger partial charge on any atom is -1.00 e. The van der Waals surface area contributed by atoms with Crippen molar-refractivity contribution in [2.24, 2.45) is 0 Å². The number of nitrogens with zero attached hydrogens (tertiary/aromatic N) is 3. The van der Waals surface area contributed by atoms with Crippen LogP contribution in [0.4, 0.5) is 17.6 Å². The van der Waals surface area contributed by atoms with Crippen molar-refractivity contribution in [3.8, 4) is 78.4 Å². The zero-order chi connectivity index (χ0) is 88.6. The Morgan fingerprint density at radius 1 is 0.400 bits per heavy atom. The van der Waals surface area contributed by atoms with E-state index in [2.05, 4.69) is 107 Å². The molecule has 0 saturated carbocycles. The van der Waals surface area contributed by atoms with Gasteiger partial charge in [-0.1, -0.05) is 361 Å². The number of carbonyl (C=O) groups is 4. The number of hydrogen-bond donors (Lipinski definition) is 4. The summed E-state index contributed by atoms with van der Waals surface area (Å²) in [6, 6.07) is 120. The third-order valence-corrected chi connectivity index (χ3v) is 19.2. The van der Waals surface area contributed by atoms with Crippen LogP contribution in [0.15, 0.2) is 420 Å². The minimum absolute atomic E-state index is 0. The number of rotatable bonds is 17. The molecule has 0 fully saturated rings. The van der Waals surface area contributed by atoms with Crippen molar-refractivity contribution in [2.45, 2.75) is 43.2 Å². The number of pyridine rings is 3. The number of allylic oxidation sites excluding steroid dienone is 1. The second-order valence-electron chi connectivity index (χ2n) is 26.5. The second kappa shape index (κ2) is 59.8. The van der Waals surface area contributed by atoms with Crippen LogP contribution in [0.1, 0.15) is 83.6 Å². The summed E-state index contributed by atoms with van der Waals surface area (Å²) in [6.07, 6.45) is 8.02. The first-order valence-electron chi connectivity index (χ1n) is 37.9. The number of ketones is 3. The van der Waals surface area contributed by atoms with Crippen molar-refractivity contribution < 1.29 is 135 Å². The van der Waals surface area contributed by atoms with E-state index in [1.165, 1.54) is 11.6 Å². The number of hydrogen-bond acceptors (Lipinski definition) is 12. The van der Waals surface area contributed by atoms with Crippen molar-refractivity contribution in [2.75, 3.05) is 0 Å². The van der Waals surface area contributed by atoms with Crippen LogP contribution in [-0.4, -0.2) is 69.0 Å². The van der Waals surface area contributed by atoms with Crippen molar-refractivity contribution in [3.05, 3.63) is 471 Å². The van der Waals surface area contributed by atoms with Gasteiger partial charge in [0, 0.05) is 125 Å². The molecule has 130 heavy (non-hydrogen) atoms. The van der Waals surface area contributed by atoms with E-state index in [1.807, 2.05) is 302 Å². The third-order valence-electron chi connectivity index (χ3n) is 17.6. The molecule has 0 bridgehead atoms. The number of aromatic nitrogens is 3. The molecule has 0 atom stereocenters. The second-order valence-corrected chi connectivity index (χ2v) is 30.3. The van der Waals surface area contributed by atoms with Gasteiger partial charge in [0.1, 0.15) is 29.6 Å². The molecule has 663 valence electrons. The monoisotopic (exact) mass is 2230 g/mol. The largest absolute Gasteiger partial charge is 1.00 e. The summed E-state index contributed by atoms with van der Waals surface area (Å²) in [5.74, 6) is -2.18. The smallest absolute Gasteiger partial charge is 0.491 e. The number of Topliss-reactive ketones (excluding diaryl/α,β-unsaturated/α-hetero) is 2. The van der Waals surface area contributed by atoms with Gasteiger partial charge in [0.2, 0.25) is 12.3 Å². The van der Waals surface area contributed by atoms with E-state index < -0.39 is 46.2 Å². The van der Waals surface area contributed by atoms with Crippen LogP contribution in [-0.2, 0) is 21.3 Å². The Kier molecular flexibility index (Phi) is 51.9. The summed E-state index contributed by atoms with van der Waals surface area (Å²) in [5.41, 5.74) is 16.5. The van der Waals surface area contributed by atoms with Crippen LogP contribution in [0.2, 0.25) is 0 Å². The average molecular weight is 2240 g/mol. The van der Waals surface area contributed by atoms with Crippen LogP contribution in [0.25, 0.3) is 84.5 Å². The molecule has 0 amide bonds. The fraction of sp³-hybridized carbons (Fsp3) is 0.0571. The number of aldehydes is 1. The summed E-state index contributed by atoms with van der Waals surface area (Å²) in [7, 11) is -6.57. The van der Waals surface area contributed by atoms with Gasteiger partial charge in [0.05, 0.1) is 22.8 Å². The van der Waals surface area contributed by atoms with Gasteiger partial charge < -0.3 is 27.0 Å². The Morgan fingerprint density at radius 3 is 1.12 bits per heavy atom. The van der Waals surface area contributed by atoms with E-state index in [4.69, 9.17) is 38.2 Å². The molecule has 16 aromatic rings. The SMILES string of the molecule is Brc1cccc(-c2cc(-c3ccccc3)nc(-c3ccccc3)c2)c1.C.C.C.C.CC(=O)c1ccccc1.Fc1ccc(F)c(-c2cccc(-c3cc(-c4ccccc4)nc(-c4ccccc4)c3)c2)c1.O=C(/C=C/c1cccc(Br)c1)c1ccccc1.O=C(C[n+]1ccccc1)c1ccccc1.O=Cc1cccc(Br)c1.O=S(=O)(O)OO.OB(O)c1cc(F)ccc1F.[Ac].[Br-]. The first-order valence-corrected chi connectivity index (χ1v) is 41.6. The Labute approximate surface area is 830 Å². The summed E-state index contributed by atoms with van der Waals surface area (Å²) >= 11 is 10.2. The quantitative estimate of drug-likeness (QED) is 0.00768. The van der Waals surface area contributed by atoms with Crippen LogP contribution in [0.3, 0.4) is 0 Å².